The van der Waals surface area contributed by atoms with Gasteiger partial charge >= 0.3 is 5.97 Å². The largest absolute Gasteiger partial charge is 0.477 e. The lowest BCUT2D eigenvalue weighted by molar-refractivity contribution is -0.846. The van der Waals surface area contributed by atoms with Crippen molar-refractivity contribution in [3.8, 4) is 0 Å². The maximum absolute atomic E-state index is 10.8. The van der Waals surface area contributed by atoms with E-state index in [0.29, 0.717) is 0 Å². The second-order valence-electron chi connectivity index (χ2n) is 3.10. The summed E-state index contributed by atoms with van der Waals surface area (Å²) in [5.41, 5.74) is 0. The van der Waals surface area contributed by atoms with E-state index in [0.717, 1.165) is 0 Å². The summed E-state index contributed by atoms with van der Waals surface area (Å²) in [6.07, 6.45) is 3.69. The number of hydrogen-bond donors (Lipinski definition) is 2. The lowest BCUT2D eigenvalue weighted by Gasteiger charge is -2.33. The highest BCUT2D eigenvalue weighted by molar-refractivity contribution is 5.73. The molecule has 0 spiro atoms. The van der Waals surface area contributed by atoms with E-state index in [-0.39, 0.29) is 4.48 Å². The fraction of sp³-hybridized carbons (Fsp3) is 0.500. The molecular formula is C8H13N2O3+. The average molecular weight is 185 g/mol. The molecule has 72 valence electrons. The summed E-state index contributed by atoms with van der Waals surface area (Å²) in [7, 11) is 0. The first-order chi connectivity index (χ1) is 6.00. The maximum Gasteiger partial charge on any atom is 0.363 e. The Bertz CT molecular complexity index is 259. The zero-order chi connectivity index (χ0) is 10.1. The number of aliphatic imine (C=N–C) groups is 1. The van der Waals surface area contributed by atoms with Crippen LogP contribution in [0.5, 0.6) is 0 Å². The molecule has 0 bridgehead atoms. The zero-order valence-corrected chi connectivity index (χ0v) is 7.58. The summed E-state index contributed by atoms with van der Waals surface area (Å²) in [6, 6.07) is -0.734. The van der Waals surface area contributed by atoms with Gasteiger partial charge in [0.1, 0.15) is 6.20 Å². The Morgan fingerprint density at radius 2 is 2.15 bits per heavy atom. The van der Waals surface area contributed by atoms with Gasteiger partial charge in [-0.2, -0.15) is 0 Å². The van der Waals surface area contributed by atoms with Crippen molar-refractivity contribution in [3.63, 3.8) is 0 Å². The topological polar surface area (TPSA) is 69.9 Å². The molecule has 0 saturated heterocycles. The molecule has 1 aliphatic heterocycles. The molecule has 0 aromatic heterocycles. The van der Waals surface area contributed by atoms with Crippen molar-refractivity contribution in [1.82, 2.24) is 0 Å². The molecule has 13 heavy (non-hydrogen) atoms. The lowest BCUT2D eigenvalue weighted by Crippen LogP contribution is -2.56. The molecule has 0 saturated carbocycles. The molecule has 0 radical (unpaired) electrons. The minimum Gasteiger partial charge on any atom is -0.477 e. The van der Waals surface area contributed by atoms with E-state index >= 15 is 0 Å². The van der Waals surface area contributed by atoms with Crippen LogP contribution in [0.15, 0.2) is 17.4 Å². The fourth-order valence-corrected chi connectivity index (χ4v) is 1.31. The monoisotopic (exact) mass is 185 g/mol. The third-order valence-electron chi connectivity index (χ3n) is 2.35. The van der Waals surface area contributed by atoms with E-state index in [9.17, 15) is 9.90 Å². The minimum absolute atomic E-state index is 0.144. The number of carboxylic acid groups (broad SMARTS) is 1. The third-order valence-corrected chi connectivity index (χ3v) is 2.35. The van der Waals surface area contributed by atoms with E-state index in [2.05, 4.69) is 4.99 Å². The molecule has 5 heteroatoms. The van der Waals surface area contributed by atoms with Crippen LogP contribution < -0.4 is 0 Å². The number of quaternary nitrogens is 1. The van der Waals surface area contributed by atoms with Gasteiger partial charge in [-0.1, -0.05) is 0 Å². The molecule has 0 fully saturated rings. The lowest BCUT2D eigenvalue weighted by atomic mass is 10.2. The molecule has 0 aromatic carbocycles. The van der Waals surface area contributed by atoms with Gasteiger partial charge in [-0.05, 0) is 6.92 Å². The summed E-state index contributed by atoms with van der Waals surface area (Å²) < 4.78 is -0.144. The van der Waals surface area contributed by atoms with E-state index in [4.69, 9.17) is 5.11 Å². The zero-order valence-electron chi connectivity index (χ0n) is 7.58. The van der Waals surface area contributed by atoms with Crippen molar-refractivity contribution in [3.05, 3.63) is 12.4 Å². The van der Waals surface area contributed by atoms with Crippen LogP contribution in [0.4, 0.5) is 0 Å². The Balaban J connectivity index is 2.99. The Hall–Kier alpha value is -1.20. The number of hydrogen-bond acceptors (Lipinski definition) is 3. The Morgan fingerprint density at radius 3 is 2.46 bits per heavy atom. The standard InChI is InChI=1S/C8H12N2O3/c1-6(8(12)13)10(7(2)11)4-3-9-5-10/h3-7,11H,1-2H3/p+1. The summed E-state index contributed by atoms with van der Waals surface area (Å²) in [6.45, 7) is 3.08. The molecule has 1 rings (SSSR count). The SMILES string of the molecule is CC(O)[N+]1(C(C)C(=O)O)C=CN=C1. The van der Waals surface area contributed by atoms with Crippen LogP contribution in [-0.4, -0.2) is 39.3 Å². The average Bonchev–Trinajstić information content (AvgIpc) is 2.51. The minimum atomic E-state index is -0.959. The van der Waals surface area contributed by atoms with Gasteiger partial charge in [0.15, 0.2) is 18.6 Å². The smallest absolute Gasteiger partial charge is 0.363 e. The molecule has 3 unspecified atom stereocenters. The molecule has 3 atom stereocenters. The molecule has 5 nitrogen and oxygen atoms in total. The number of rotatable bonds is 3. The first-order valence-corrected chi connectivity index (χ1v) is 4.01. The maximum atomic E-state index is 10.8. The van der Waals surface area contributed by atoms with Crippen molar-refractivity contribution in [2.24, 2.45) is 4.99 Å². The first kappa shape index (κ1) is 9.88. The van der Waals surface area contributed by atoms with Crippen LogP contribution in [0.25, 0.3) is 0 Å². The van der Waals surface area contributed by atoms with Gasteiger partial charge < -0.3 is 10.2 Å². The number of carboxylic acids is 1. The molecular weight excluding hydrogens is 172 g/mol. The Labute approximate surface area is 76.2 Å². The van der Waals surface area contributed by atoms with Gasteiger partial charge in [0.25, 0.3) is 0 Å². The highest BCUT2D eigenvalue weighted by Gasteiger charge is 2.42. The highest BCUT2D eigenvalue weighted by Crippen LogP contribution is 2.20. The predicted octanol–water partition coefficient (Wildman–Crippen LogP) is 0.128. The van der Waals surface area contributed by atoms with Crippen molar-refractivity contribution < 1.29 is 19.5 Å². The highest BCUT2D eigenvalue weighted by atomic mass is 16.4. The van der Waals surface area contributed by atoms with Gasteiger partial charge in [-0.3, -0.25) is 0 Å². The van der Waals surface area contributed by atoms with Crippen LogP contribution in [0, 0.1) is 0 Å². The number of carbonyl (C=O) groups is 1. The van der Waals surface area contributed by atoms with Gasteiger partial charge in [-0.15, -0.1) is 0 Å². The normalized spacial score (nSPS) is 30.4. The summed E-state index contributed by atoms with van der Waals surface area (Å²) in [5, 5.41) is 18.3. The van der Waals surface area contributed by atoms with Crippen LogP contribution in [-0.2, 0) is 4.79 Å². The summed E-state index contributed by atoms with van der Waals surface area (Å²) in [5.74, 6) is -0.959. The number of aliphatic hydroxyl groups excluding tert-OH is 1. The Morgan fingerprint density at radius 1 is 1.54 bits per heavy atom. The van der Waals surface area contributed by atoms with E-state index in [1.165, 1.54) is 19.5 Å². The fourth-order valence-electron chi connectivity index (χ4n) is 1.31. The van der Waals surface area contributed by atoms with Crippen molar-refractivity contribution in [1.29, 1.82) is 0 Å². The molecule has 2 N–H and O–H groups in total. The second-order valence-corrected chi connectivity index (χ2v) is 3.10. The summed E-state index contributed by atoms with van der Waals surface area (Å²) >= 11 is 0. The molecule has 1 aliphatic rings. The van der Waals surface area contributed by atoms with Gasteiger partial charge in [-0.25, -0.2) is 14.3 Å². The van der Waals surface area contributed by atoms with E-state index in [1.54, 1.807) is 13.1 Å². The van der Waals surface area contributed by atoms with Crippen molar-refractivity contribution >= 4 is 12.3 Å². The van der Waals surface area contributed by atoms with Crippen LogP contribution in [0.3, 0.4) is 0 Å². The van der Waals surface area contributed by atoms with Gasteiger partial charge in [0.05, 0.1) is 6.20 Å². The Kier molecular flexibility index (Phi) is 2.49. The quantitative estimate of drug-likeness (QED) is 0.614. The van der Waals surface area contributed by atoms with Gasteiger partial charge in [0.2, 0.25) is 0 Å². The van der Waals surface area contributed by atoms with E-state index < -0.39 is 18.2 Å². The second kappa shape index (κ2) is 3.27. The van der Waals surface area contributed by atoms with Crippen molar-refractivity contribution in [2.75, 3.05) is 0 Å². The summed E-state index contributed by atoms with van der Waals surface area (Å²) in [4.78, 5) is 14.6. The third kappa shape index (κ3) is 1.48. The number of aliphatic carboxylic acids is 1. The number of nitrogens with zero attached hydrogens (tertiary/aromatic N) is 2. The first-order valence-electron chi connectivity index (χ1n) is 4.01. The predicted molar refractivity (Wildman–Crippen MR) is 46.7 cm³/mol. The number of aliphatic hydroxyl groups is 1. The molecule has 1 heterocycles. The van der Waals surface area contributed by atoms with Crippen LogP contribution in [0.2, 0.25) is 0 Å². The van der Waals surface area contributed by atoms with E-state index in [1.807, 2.05) is 0 Å². The van der Waals surface area contributed by atoms with Crippen LogP contribution in [0.1, 0.15) is 13.8 Å². The van der Waals surface area contributed by atoms with Crippen molar-refractivity contribution in [2.45, 2.75) is 26.1 Å². The molecule has 0 aromatic rings. The van der Waals surface area contributed by atoms with Gasteiger partial charge in [0, 0.05) is 6.92 Å². The molecule has 0 amide bonds. The molecule has 0 aliphatic carbocycles. The van der Waals surface area contributed by atoms with Crippen LogP contribution >= 0.6 is 0 Å².